The Morgan fingerprint density at radius 3 is 1.25 bits per heavy atom. The van der Waals surface area contributed by atoms with Gasteiger partial charge in [0.15, 0.2) is 0 Å². The summed E-state index contributed by atoms with van der Waals surface area (Å²) in [6.45, 7) is 16.2. The molecule has 4 rings (SSSR count). The van der Waals surface area contributed by atoms with Gasteiger partial charge in [0.2, 0.25) is 0 Å². The molecule has 0 saturated carbocycles. The second kappa shape index (κ2) is 28.9. The zero-order chi connectivity index (χ0) is 52.1. The van der Waals surface area contributed by atoms with Crippen molar-refractivity contribution in [2.75, 3.05) is 22.9 Å². The first kappa shape index (κ1) is 67.0. The van der Waals surface area contributed by atoms with Crippen molar-refractivity contribution in [1.82, 2.24) is 0 Å². The van der Waals surface area contributed by atoms with Gasteiger partial charge >= 0.3 is 47.4 Å². The van der Waals surface area contributed by atoms with Crippen LogP contribution in [0.15, 0.2) is 84.6 Å². The van der Waals surface area contributed by atoms with Gasteiger partial charge in [-0.25, -0.2) is 27.4 Å². The quantitative estimate of drug-likeness (QED) is 0.0633. The summed E-state index contributed by atoms with van der Waals surface area (Å²) in [5, 5.41) is 0. The molecule has 0 radical (unpaired) electrons. The number of hydrogen-bond acceptors (Lipinski definition) is 8. The van der Waals surface area contributed by atoms with Gasteiger partial charge in [-0.3, -0.25) is 58.7 Å². The molecule has 0 spiro atoms. The molecule has 2 aromatic carbocycles. The third kappa shape index (κ3) is 38.4. The van der Waals surface area contributed by atoms with E-state index in [1.807, 2.05) is 0 Å². The highest BCUT2D eigenvalue weighted by Crippen LogP contribution is 2.48. The first-order valence-electron chi connectivity index (χ1n) is 18.1. The van der Waals surface area contributed by atoms with Crippen LogP contribution in [-0.2, 0) is 38.2 Å². The van der Waals surface area contributed by atoms with Crippen molar-refractivity contribution >= 4 is 58.8 Å². The lowest BCUT2D eigenvalue weighted by Crippen LogP contribution is -2.40. The second-order valence-corrected chi connectivity index (χ2v) is 19.7. The average molecular weight is 1070 g/mol. The van der Waals surface area contributed by atoms with E-state index < -0.39 is 47.4 Å². The van der Waals surface area contributed by atoms with Crippen LogP contribution in [0.5, 0.6) is 0 Å². The molecule has 0 aliphatic carbocycles. The smallest absolute Gasteiger partial charge is 0.364 e. The maximum absolute atomic E-state index is 10.4. The summed E-state index contributed by atoms with van der Waals surface area (Å²) < 4.78 is 114. The van der Waals surface area contributed by atoms with E-state index in [-0.39, 0.29) is 10.8 Å². The summed E-state index contributed by atoms with van der Waals surface area (Å²) >= 11 is 0. The summed E-state index contributed by atoms with van der Waals surface area (Å²) in [5.74, 6) is 0. The number of benzene rings is 2. The molecule has 0 fully saturated rings. The normalized spacial score (nSPS) is 17.0. The standard InChI is InChI=1S/C33H44N2.6FH2O3P/c1-7-9-24-34-28-20-16-14-18-26(28)32(3,4)30(34)22-12-11-13-23-31-33(5,6)27-19-15-17-21-29(27)35(31)25-10-8-2;6*1-5(2,3)4/h11-23,30H,7-10,24-25H2,1-6H3;6*(H2,2,3,4)/b13-11+,22-12+,31-23-;;;;;;. The largest absolute Gasteiger partial charge is 0.507 e. The molecule has 32 heteroatoms. The van der Waals surface area contributed by atoms with Crippen LogP contribution in [0, 0.1) is 0 Å². The first-order valence-corrected chi connectivity index (χ1v) is 27.2. The number of allylic oxidation sites excluding steroid dienone is 5. The maximum Gasteiger partial charge on any atom is 0.507 e. The summed E-state index contributed by atoms with van der Waals surface area (Å²) in [4.78, 5) is 88.7. The van der Waals surface area contributed by atoms with Gasteiger partial charge in [-0.05, 0) is 42.2 Å². The van der Waals surface area contributed by atoms with E-state index >= 15 is 0 Å². The lowest BCUT2D eigenvalue weighted by atomic mass is 9.80. The van der Waals surface area contributed by atoms with Gasteiger partial charge in [-0.2, -0.15) is 0 Å². The fourth-order valence-electron chi connectivity index (χ4n) is 5.98. The number of anilines is 2. The first-order chi connectivity index (χ1) is 28.8. The van der Waals surface area contributed by atoms with E-state index in [9.17, 15) is 25.2 Å². The van der Waals surface area contributed by atoms with Crippen LogP contribution >= 0.6 is 47.4 Å². The molecule has 2 aliphatic rings. The van der Waals surface area contributed by atoms with Gasteiger partial charge in [0.1, 0.15) is 0 Å². The summed E-state index contributed by atoms with van der Waals surface area (Å²) in [6, 6.07) is 18.3. The summed E-state index contributed by atoms with van der Waals surface area (Å²) in [6.07, 6.45) is 16.3. The van der Waals surface area contributed by atoms with Crippen molar-refractivity contribution in [3.63, 3.8) is 0 Å². The molecule has 2 aromatic rings. The molecule has 1 atom stereocenters. The van der Waals surface area contributed by atoms with Crippen LogP contribution in [0.2, 0.25) is 0 Å². The molecule has 65 heavy (non-hydrogen) atoms. The minimum atomic E-state index is -5.14. The minimum Gasteiger partial charge on any atom is -0.364 e. The van der Waals surface area contributed by atoms with Gasteiger partial charge in [0.25, 0.3) is 0 Å². The SMILES string of the molecule is CCCCN1\C(=C/C=C/C=C/C2N(CCCC)c3ccccc3C2(C)C)C(C)(C)c2ccccc21.O=P(O)(O)F.O=P(O)(O)F.O=P(O)(O)F.O=P(O)(O)F.O=P(O)(O)F.O=P(O)(O)F. The van der Waals surface area contributed by atoms with Gasteiger partial charge in [-0.1, -0.05) is 115 Å². The van der Waals surface area contributed by atoms with E-state index in [4.69, 9.17) is 86.1 Å². The van der Waals surface area contributed by atoms with Crippen molar-refractivity contribution in [3.8, 4) is 0 Å². The highest BCUT2D eigenvalue weighted by atomic mass is 31.2. The van der Waals surface area contributed by atoms with E-state index in [1.165, 1.54) is 53.9 Å². The predicted molar refractivity (Wildman–Crippen MR) is 233 cm³/mol. The number of rotatable bonds is 9. The zero-order valence-electron chi connectivity index (χ0n) is 35.5. The van der Waals surface area contributed by atoms with Gasteiger partial charge < -0.3 is 9.80 Å². The lowest BCUT2D eigenvalue weighted by molar-refractivity contribution is 0.320. The topological polar surface area (TPSA) is 352 Å². The monoisotopic (exact) mass is 1070 g/mol. The zero-order valence-corrected chi connectivity index (χ0v) is 40.9. The summed E-state index contributed by atoms with van der Waals surface area (Å²) in [7, 11) is -30.8. The number of unbranched alkanes of at least 4 members (excludes halogenated alkanes) is 2. The molecular weight excluding hydrogens is 1010 g/mol. The number of nitrogens with zero attached hydrogens (tertiary/aromatic N) is 2. The third-order valence-corrected chi connectivity index (χ3v) is 8.04. The lowest BCUT2D eigenvalue weighted by Gasteiger charge is -2.32. The Kier molecular flexibility index (Phi) is 29.8. The Labute approximate surface area is 372 Å². The van der Waals surface area contributed by atoms with Crippen LogP contribution in [-0.4, -0.2) is 77.9 Å². The maximum atomic E-state index is 10.4. The highest BCUT2D eigenvalue weighted by Gasteiger charge is 2.42. The van der Waals surface area contributed by atoms with Crippen molar-refractivity contribution < 1.29 is 111 Å². The van der Waals surface area contributed by atoms with Crippen LogP contribution in [0.25, 0.3) is 0 Å². The van der Waals surface area contributed by atoms with Crippen molar-refractivity contribution in [2.24, 2.45) is 0 Å². The van der Waals surface area contributed by atoms with Crippen LogP contribution < -0.4 is 9.80 Å². The number of fused-ring (bicyclic) bond motifs is 2. The molecule has 0 bridgehead atoms. The molecule has 2 heterocycles. The van der Waals surface area contributed by atoms with Gasteiger partial charge in [0.05, 0.1) is 6.04 Å². The fraction of sp³-hybridized carbons (Fsp3) is 0.455. The fourth-order valence-corrected chi connectivity index (χ4v) is 5.98. The van der Waals surface area contributed by atoms with E-state index in [0.29, 0.717) is 6.04 Å². The number of halogens is 6. The van der Waals surface area contributed by atoms with E-state index in [1.54, 1.807) is 0 Å². The van der Waals surface area contributed by atoms with E-state index in [0.717, 1.165) is 13.1 Å². The Balaban J connectivity index is -0.00000103. The van der Waals surface area contributed by atoms with Crippen molar-refractivity contribution in [2.45, 2.75) is 84.1 Å². The second-order valence-electron chi connectivity index (χ2n) is 14.0. The molecule has 378 valence electrons. The van der Waals surface area contributed by atoms with E-state index in [2.05, 4.69) is 130 Å². The molecular formula is C33H56F6N2O18P6. The molecule has 0 amide bonds. The Morgan fingerprint density at radius 2 is 0.862 bits per heavy atom. The van der Waals surface area contributed by atoms with Gasteiger partial charge in [0, 0.05) is 41.0 Å². The van der Waals surface area contributed by atoms with Gasteiger partial charge in [-0.15, -0.1) is 25.2 Å². The molecule has 0 aromatic heterocycles. The molecule has 0 saturated heterocycles. The third-order valence-electron chi connectivity index (χ3n) is 8.04. The molecule has 1 unspecified atom stereocenters. The predicted octanol–water partition coefficient (Wildman–Crippen LogP) is 8.84. The Morgan fingerprint density at radius 1 is 0.523 bits per heavy atom. The summed E-state index contributed by atoms with van der Waals surface area (Å²) in [5.41, 5.74) is 7.19. The van der Waals surface area contributed by atoms with Crippen LogP contribution in [0.4, 0.5) is 36.6 Å². The number of para-hydroxylation sites is 2. The minimum absolute atomic E-state index is 0.0183. The van der Waals surface area contributed by atoms with Crippen molar-refractivity contribution in [3.05, 3.63) is 95.7 Å². The Hall–Kier alpha value is -2.26. The van der Waals surface area contributed by atoms with Crippen LogP contribution in [0.3, 0.4) is 0 Å². The van der Waals surface area contributed by atoms with Crippen LogP contribution in [0.1, 0.15) is 78.4 Å². The Bertz CT molecular complexity index is 1930. The highest BCUT2D eigenvalue weighted by molar-refractivity contribution is 7.46. The molecule has 20 nitrogen and oxygen atoms in total. The average Bonchev–Trinajstić information content (AvgIpc) is 3.40. The van der Waals surface area contributed by atoms with Crippen molar-refractivity contribution in [1.29, 1.82) is 0 Å². The molecule has 12 N–H and O–H groups in total. The molecule has 2 aliphatic heterocycles. The number of hydrogen-bond donors (Lipinski definition) is 12.